The van der Waals surface area contributed by atoms with Crippen molar-refractivity contribution in [2.75, 3.05) is 0 Å². The Morgan fingerprint density at radius 2 is 2.04 bits per heavy atom. The van der Waals surface area contributed by atoms with Crippen molar-refractivity contribution in [1.29, 1.82) is 0 Å². The van der Waals surface area contributed by atoms with Gasteiger partial charge in [-0.3, -0.25) is 14.3 Å². The summed E-state index contributed by atoms with van der Waals surface area (Å²) in [7, 11) is 0. The van der Waals surface area contributed by atoms with E-state index in [1.54, 1.807) is 23.3 Å². The summed E-state index contributed by atoms with van der Waals surface area (Å²) in [4.78, 5) is 26.1. The number of hydrogen-bond acceptors (Lipinski definition) is 5. The monoisotopic (exact) mass is 320 g/mol. The molecule has 0 amide bonds. The lowest BCUT2D eigenvalue weighted by Gasteiger charge is -2.04. The van der Waals surface area contributed by atoms with Crippen LogP contribution in [0.1, 0.15) is 18.9 Å². The zero-order valence-corrected chi connectivity index (χ0v) is 13.0. The summed E-state index contributed by atoms with van der Waals surface area (Å²) in [5.74, 6) is 0. The van der Waals surface area contributed by atoms with Crippen molar-refractivity contribution < 1.29 is 0 Å². The van der Waals surface area contributed by atoms with Crippen LogP contribution in [0.5, 0.6) is 0 Å². The molecule has 112 valence electrons. The Hall–Kier alpha value is -2.60. The van der Waals surface area contributed by atoms with Crippen molar-refractivity contribution in [2.24, 2.45) is 0 Å². The Balaban J connectivity index is 1.83. The molecule has 1 fully saturated rings. The van der Waals surface area contributed by atoms with Crippen LogP contribution in [0, 0.1) is 0 Å². The molecule has 1 aliphatic rings. The normalized spacial score (nSPS) is 14.6. The molecule has 5 rings (SSSR count). The molecule has 0 radical (unpaired) electrons. The van der Waals surface area contributed by atoms with Gasteiger partial charge in [0.1, 0.15) is 5.01 Å². The Labute approximate surface area is 135 Å². The van der Waals surface area contributed by atoms with E-state index in [2.05, 4.69) is 15.0 Å². The van der Waals surface area contributed by atoms with Crippen LogP contribution in [0.3, 0.4) is 0 Å². The molecule has 6 heteroatoms. The molecule has 0 aliphatic heterocycles. The number of hydrogen-bond donors (Lipinski definition) is 0. The van der Waals surface area contributed by atoms with E-state index < -0.39 is 0 Å². The van der Waals surface area contributed by atoms with E-state index in [0.717, 1.165) is 39.1 Å². The summed E-state index contributed by atoms with van der Waals surface area (Å²) < 4.78 is 2.68. The van der Waals surface area contributed by atoms with Crippen LogP contribution in [-0.2, 0) is 0 Å². The van der Waals surface area contributed by atoms with Crippen LogP contribution in [0.15, 0.2) is 47.8 Å². The molecule has 0 spiro atoms. The lowest BCUT2D eigenvalue weighted by molar-refractivity contribution is 0.699. The molecule has 3 heterocycles. The molecule has 1 aliphatic carbocycles. The fourth-order valence-corrected chi connectivity index (χ4v) is 3.92. The van der Waals surface area contributed by atoms with E-state index in [0.29, 0.717) is 11.4 Å². The van der Waals surface area contributed by atoms with Gasteiger partial charge in [-0.15, -0.1) is 11.3 Å². The summed E-state index contributed by atoms with van der Waals surface area (Å²) in [5.41, 5.74) is 2.59. The van der Waals surface area contributed by atoms with E-state index in [-0.39, 0.29) is 5.56 Å². The van der Waals surface area contributed by atoms with E-state index >= 15 is 0 Å². The molecule has 1 saturated carbocycles. The van der Waals surface area contributed by atoms with Crippen LogP contribution in [-0.4, -0.2) is 19.5 Å². The summed E-state index contributed by atoms with van der Waals surface area (Å²) in [6.07, 6.45) is 7.34. The lowest BCUT2D eigenvalue weighted by atomic mass is 10.2. The van der Waals surface area contributed by atoms with Gasteiger partial charge in [0.15, 0.2) is 0 Å². The molecule has 3 aromatic heterocycles. The largest absolute Gasteiger partial charge is 0.296 e. The second kappa shape index (κ2) is 4.70. The van der Waals surface area contributed by atoms with Gasteiger partial charge in [-0.25, -0.2) is 9.97 Å². The van der Waals surface area contributed by atoms with Gasteiger partial charge < -0.3 is 0 Å². The number of fused-ring (bicyclic) bond motifs is 3. The van der Waals surface area contributed by atoms with Gasteiger partial charge in [-0.1, -0.05) is 0 Å². The van der Waals surface area contributed by atoms with Crippen molar-refractivity contribution in [3.63, 3.8) is 0 Å². The molecular weight excluding hydrogens is 308 g/mol. The predicted molar refractivity (Wildman–Crippen MR) is 90.7 cm³/mol. The summed E-state index contributed by atoms with van der Waals surface area (Å²) in [5, 5.41) is 1.56. The summed E-state index contributed by atoms with van der Waals surface area (Å²) in [6, 6.07) is 8.00. The highest BCUT2D eigenvalue weighted by Crippen LogP contribution is 2.35. The van der Waals surface area contributed by atoms with E-state index in [1.807, 2.05) is 24.3 Å². The van der Waals surface area contributed by atoms with Crippen molar-refractivity contribution >= 4 is 32.5 Å². The van der Waals surface area contributed by atoms with Gasteiger partial charge in [0.25, 0.3) is 5.56 Å². The van der Waals surface area contributed by atoms with Gasteiger partial charge in [0, 0.05) is 24.0 Å². The van der Waals surface area contributed by atoms with Gasteiger partial charge >= 0.3 is 0 Å². The fourth-order valence-electron chi connectivity index (χ4n) is 2.83. The van der Waals surface area contributed by atoms with Crippen LogP contribution in [0.2, 0.25) is 0 Å². The first-order chi connectivity index (χ1) is 11.3. The minimum absolute atomic E-state index is 0.0458. The molecule has 0 unspecified atom stereocenters. The standard InChI is InChI=1S/C17H12N4OS/c22-17-14-12(19-9-21(17)11-3-4-11)5-6-13-15(14)23-16(20-13)10-2-1-7-18-8-10/h1-2,5-9,11H,3-4H2. The lowest BCUT2D eigenvalue weighted by Crippen LogP contribution is -2.19. The Morgan fingerprint density at radius 1 is 1.17 bits per heavy atom. The Morgan fingerprint density at radius 3 is 2.83 bits per heavy atom. The van der Waals surface area contributed by atoms with Crippen molar-refractivity contribution in [3.05, 3.63) is 53.3 Å². The fraction of sp³-hybridized carbons (Fsp3) is 0.176. The number of thiazole rings is 1. The average Bonchev–Trinajstić information content (AvgIpc) is 3.33. The maximum Gasteiger partial charge on any atom is 0.262 e. The highest BCUT2D eigenvalue weighted by atomic mass is 32.1. The number of benzene rings is 1. The molecular formula is C17H12N4OS. The Kier molecular flexibility index (Phi) is 2.63. The molecule has 0 atom stereocenters. The number of rotatable bonds is 2. The van der Waals surface area contributed by atoms with Crippen LogP contribution in [0.25, 0.3) is 31.7 Å². The molecule has 23 heavy (non-hydrogen) atoms. The third-order valence-electron chi connectivity index (χ3n) is 4.15. The second-order valence-electron chi connectivity index (χ2n) is 5.76. The SMILES string of the molecule is O=c1c2c(ccc3nc(-c4cccnc4)sc32)ncn1C1CC1. The van der Waals surface area contributed by atoms with Crippen molar-refractivity contribution in [3.8, 4) is 10.6 Å². The molecule has 1 aromatic carbocycles. The van der Waals surface area contributed by atoms with Crippen LogP contribution < -0.4 is 5.56 Å². The van der Waals surface area contributed by atoms with Crippen LogP contribution in [0.4, 0.5) is 0 Å². The first-order valence-electron chi connectivity index (χ1n) is 7.52. The molecule has 0 bridgehead atoms. The Bertz CT molecular complexity index is 1100. The topological polar surface area (TPSA) is 60.7 Å². The summed E-state index contributed by atoms with van der Waals surface area (Å²) in [6.45, 7) is 0. The third-order valence-corrected chi connectivity index (χ3v) is 5.29. The second-order valence-corrected chi connectivity index (χ2v) is 6.76. The minimum Gasteiger partial charge on any atom is -0.296 e. The van der Waals surface area contributed by atoms with E-state index in [1.165, 1.54) is 11.3 Å². The zero-order chi connectivity index (χ0) is 15.4. The molecule has 0 N–H and O–H groups in total. The number of pyridine rings is 1. The molecule has 4 aromatic rings. The maximum absolute atomic E-state index is 12.9. The van der Waals surface area contributed by atoms with Crippen molar-refractivity contribution in [1.82, 2.24) is 19.5 Å². The molecule has 5 nitrogen and oxygen atoms in total. The van der Waals surface area contributed by atoms with Gasteiger partial charge in [-0.2, -0.15) is 0 Å². The quantitative estimate of drug-likeness (QED) is 0.568. The zero-order valence-electron chi connectivity index (χ0n) is 12.1. The first kappa shape index (κ1) is 12.9. The van der Waals surface area contributed by atoms with Crippen LogP contribution >= 0.6 is 11.3 Å². The molecule has 0 saturated heterocycles. The average molecular weight is 320 g/mol. The van der Waals surface area contributed by atoms with Gasteiger partial charge in [0.05, 0.1) is 27.4 Å². The summed E-state index contributed by atoms with van der Waals surface area (Å²) >= 11 is 1.53. The highest BCUT2D eigenvalue weighted by Gasteiger charge is 2.26. The third kappa shape index (κ3) is 1.98. The smallest absolute Gasteiger partial charge is 0.262 e. The van der Waals surface area contributed by atoms with E-state index in [9.17, 15) is 4.79 Å². The predicted octanol–water partition coefficient (Wildman–Crippen LogP) is 3.40. The van der Waals surface area contributed by atoms with Crippen molar-refractivity contribution in [2.45, 2.75) is 18.9 Å². The maximum atomic E-state index is 12.9. The van der Waals surface area contributed by atoms with Gasteiger partial charge in [0.2, 0.25) is 0 Å². The van der Waals surface area contributed by atoms with E-state index in [4.69, 9.17) is 0 Å². The number of aromatic nitrogens is 4. The highest BCUT2D eigenvalue weighted by molar-refractivity contribution is 7.22. The van der Waals surface area contributed by atoms with Gasteiger partial charge in [-0.05, 0) is 37.1 Å². The minimum atomic E-state index is 0.0458. The number of nitrogens with zero attached hydrogens (tertiary/aromatic N) is 4. The first-order valence-corrected chi connectivity index (χ1v) is 8.34.